The lowest BCUT2D eigenvalue weighted by atomic mass is 9.86. The third kappa shape index (κ3) is 2.30. The Hall–Kier alpha value is -0.540. The van der Waals surface area contributed by atoms with Crippen LogP contribution in [0, 0.1) is 0 Å². The Morgan fingerprint density at radius 2 is 2.28 bits per heavy atom. The molecule has 0 aliphatic heterocycles. The van der Waals surface area contributed by atoms with Crippen LogP contribution >= 0.6 is 22.9 Å². The molecule has 0 N–H and O–H groups in total. The largest absolute Gasteiger partial charge is 0.338 e. The van der Waals surface area contributed by atoms with Crippen LogP contribution in [-0.2, 0) is 11.2 Å². The smallest absolute Gasteiger partial charge is 0.230 e. The highest BCUT2D eigenvalue weighted by atomic mass is 35.5. The number of carbonyl (C=O) groups is 1. The van der Waals surface area contributed by atoms with Gasteiger partial charge in [0.2, 0.25) is 5.91 Å². The van der Waals surface area contributed by atoms with Crippen molar-refractivity contribution in [2.75, 3.05) is 12.4 Å². The summed E-state index contributed by atoms with van der Waals surface area (Å²) in [4.78, 5) is 16.2. The first-order chi connectivity index (χ1) is 8.81. The lowest BCUT2D eigenvalue weighted by Gasteiger charge is -2.29. The Labute approximate surface area is 117 Å². The molecule has 0 spiro atoms. The first-order valence-corrected chi connectivity index (χ1v) is 8.15. The van der Waals surface area contributed by atoms with Gasteiger partial charge in [-0.15, -0.1) is 22.9 Å². The number of carbonyl (C=O) groups excluding carboxylic acids is 1. The van der Waals surface area contributed by atoms with Crippen LogP contribution in [0.1, 0.15) is 42.0 Å². The topological polar surface area (TPSA) is 20.3 Å². The van der Waals surface area contributed by atoms with Gasteiger partial charge >= 0.3 is 0 Å². The van der Waals surface area contributed by atoms with Gasteiger partial charge in [-0.3, -0.25) is 4.79 Å². The highest BCUT2D eigenvalue weighted by Gasteiger charge is 2.37. The molecule has 2 nitrogen and oxygen atoms in total. The molecule has 18 heavy (non-hydrogen) atoms. The summed E-state index contributed by atoms with van der Waals surface area (Å²) in [5.74, 6) is 0.965. The van der Waals surface area contributed by atoms with Crippen molar-refractivity contribution in [1.82, 2.24) is 4.90 Å². The highest BCUT2D eigenvalue weighted by Crippen LogP contribution is 2.38. The summed E-state index contributed by atoms with van der Waals surface area (Å²) in [6, 6.07) is 2.62. The number of amides is 1. The zero-order valence-corrected chi connectivity index (χ0v) is 12.0. The van der Waals surface area contributed by atoms with Crippen molar-refractivity contribution in [2.45, 2.75) is 44.1 Å². The zero-order valence-electron chi connectivity index (χ0n) is 10.4. The minimum atomic E-state index is 0.101. The maximum absolute atomic E-state index is 12.7. The second-order valence-corrected chi connectivity index (χ2v) is 6.57. The molecule has 1 aromatic heterocycles. The minimum Gasteiger partial charge on any atom is -0.338 e. The summed E-state index contributed by atoms with van der Waals surface area (Å²) in [5.41, 5.74) is 1.29. The van der Waals surface area contributed by atoms with Crippen molar-refractivity contribution >= 4 is 28.8 Å². The fraction of sp³-hybridized carbons (Fsp3) is 0.643. The number of nitrogens with zero attached hydrogens (tertiary/aromatic N) is 1. The number of hydrogen-bond donors (Lipinski definition) is 0. The number of fused-ring (bicyclic) bond motifs is 1. The van der Waals surface area contributed by atoms with Gasteiger partial charge in [0.15, 0.2) is 0 Å². The Morgan fingerprint density at radius 1 is 1.44 bits per heavy atom. The normalized spacial score (nSPS) is 22.6. The minimum absolute atomic E-state index is 0.101. The first-order valence-electron chi connectivity index (χ1n) is 6.74. The first kappa shape index (κ1) is 12.5. The van der Waals surface area contributed by atoms with Gasteiger partial charge in [-0.25, -0.2) is 0 Å². The molecule has 1 unspecified atom stereocenters. The Balaban J connectivity index is 1.80. The Morgan fingerprint density at radius 3 is 3.00 bits per heavy atom. The van der Waals surface area contributed by atoms with Crippen LogP contribution in [0.25, 0.3) is 0 Å². The number of thiophene rings is 1. The second kappa shape index (κ2) is 5.22. The predicted octanol–water partition coefficient (Wildman–Crippen LogP) is 3.40. The van der Waals surface area contributed by atoms with Crippen LogP contribution in [0.3, 0.4) is 0 Å². The van der Waals surface area contributed by atoms with Crippen LogP contribution in [0.5, 0.6) is 0 Å². The lowest BCUT2D eigenvalue weighted by molar-refractivity contribution is -0.133. The second-order valence-electron chi connectivity index (χ2n) is 5.20. The monoisotopic (exact) mass is 283 g/mol. The summed E-state index contributed by atoms with van der Waals surface area (Å²) >= 11 is 7.64. The average molecular weight is 284 g/mol. The standard InChI is InChI=1S/C14H18ClNOS/c15-7-8-16(10-4-5-10)14(17)12-2-1-3-13-11(12)6-9-18-13/h6,9-10,12H,1-5,7-8H2. The van der Waals surface area contributed by atoms with Crippen molar-refractivity contribution < 1.29 is 4.79 Å². The van der Waals surface area contributed by atoms with E-state index in [1.165, 1.54) is 10.4 Å². The molecule has 98 valence electrons. The van der Waals surface area contributed by atoms with Crippen LogP contribution in [-0.4, -0.2) is 29.3 Å². The zero-order chi connectivity index (χ0) is 12.5. The fourth-order valence-electron chi connectivity index (χ4n) is 2.89. The van der Waals surface area contributed by atoms with E-state index in [0.29, 0.717) is 24.4 Å². The SMILES string of the molecule is O=C(C1CCCc2sccc21)N(CCCl)C1CC1. The fourth-order valence-corrected chi connectivity index (χ4v) is 4.06. The van der Waals surface area contributed by atoms with E-state index in [0.717, 1.165) is 32.1 Å². The van der Waals surface area contributed by atoms with E-state index in [2.05, 4.69) is 11.4 Å². The molecular formula is C14H18ClNOS. The van der Waals surface area contributed by atoms with E-state index in [9.17, 15) is 4.79 Å². The van der Waals surface area contributed by atoms with Crippen molar-refractivity contribution in [3.8, 4) is 0 Å². The molecule has 1 heterocycles. The van der Waals surface area contributed by atoms with Crippen molar-refractivity contribution in [1.29, 1.82) is 0 Å². The molecule has 1 saturated carbocycles. The van der Waals surface area contributed by atoms with Crippen LogP contribution in [0.2, 0.25) is 0 Å². The third-order valence-corrected chi connectivity index (χ3v) is 5.11. The van der Waals surface area contributed by atoms with Gasteiger partial charge < -0.3 is 4.90 Å². The van der Waals surface area contributed by atoms with Gasteiger partial charge in [0.05, 0.1) is 5.92 Å². The molecule has 0 saturated heterocycles. The van der Waals surface area contributed by atoms with Gasteiger partial charge in [0, 0.05) is 23.3 Å². The van der Waals surface area contributed by atoms with E-state index in [1.54, 1.807) is 11.3 Å². The maximum atomic E-state index is 12.7. The van der Waals surface area contributed by atoms with Crippen LogP contribution in [0.15, 0.2) is 11.4 Å². The summed E-state index contributed by atoms with van der Waals surface area (Å²) < 4.78 is 0. The Kier molecular flexibility index (Phi) is 3.62. The molecule has 1 amide bonds. The van der Waals surface area contributed by atoms with Gasteiger partial charge in [-0.2, -0.15) is 0 Å². The van der Waals surface area contributed by atoms with Crippen LogP contribution < -0.4 is 0 Å². The number of alkyl halides is 1. The number of aryl methyl sites for hydroxylation is 1. The van der Waals surface area contributed by atoms with Crippen molar-refractivity contribution in [3.05, 3.63) is 21.9 Å². The summed E-state index contributed by atoms with van der Waals surface area (Å²) in [6.45, 7) is 0.709. The van der Waals surface area contributed by atoms with E-state index >= 15 is 0 Å². The van der Waals surface area contributed by atoms with Gasteiger partial charge in [-0.1, -0.05) is 0 Å². The van der Waals surface area contributed by atoms with Gasteiger partial charge in [-0.05, 0) is 49.1 Å². The molecule has 3 rings (SSSR count). The number of rotatable bonds is 4. The van der Waals surface area contributed by atoms with Crippen molar-refractivity contribution in [2.24, 2.45) is 0 Å². The number of halogens is 1. The Bertz CT molecular complexity index is 441. The van der Waals surface area contributed by atoms with E-state index in [4.69, 9.17) is 11.6 Å². The molecular weight excluding hydrogens is 266 g/mol. The van der Waals surface area contributed by atoms with Gasteiger partial charge in [0.25, 0.3) is 0 Å². The van der Waals surface area contributed by atoms with Crippen molar-refractivity contribution in [3.63, 3.8) is 0 Å². The lowest BCUT2D eigenvalue weighted by Crippen LogP contribution is -2.39. The highest BCUT2D eigenvalue weighted by molar-refractivity contribution is 7.10. The quantitative estimate of drug-likeness (QED) is 0.776. The van der Waals surface area contributed by atoms with Gasteiger partial charge in [0.1, 0.15) is 0 Å². The summed E-state index contributed by atoms with van der Waals surface area (Å²) in [7, 11) is 0. The number of hydrogen-bond acceptors (Lipinski definition) is 2. The molecule has 1 aromatic rings. The molecule has 1 fully saturated rings. The molecule has 1 atom stereocenters. The maximum Gasteiger partial charge on any atom is 0.230 e. The molecule has 0 radical (unpaired) electrons. The average Bonchev–Trinajstić information content (AvgIpc) is 3.11. The molecule has 4 heteroatoms. The third-order valence-electron chi connectivity index (χ3n) is 3.95. The van der Waals surface area contributed by atoms with E-state index in [-0.39, 0.29) is 5.92 Å². The predicted molar refractivity (Wildman–Crippen MR) is 75.5 cm³/mol. The van der Waals surface area contributed by atoms with E-state index < -0.39 is 0 Å². The molecule has 0 bridgehead atoms. The van der Waals surface area contributed by atoms with E-state index in [1.807, 2.05) is 4.90 Å². The summed E-state index contributed by atoms with van der Waals surface area (Å²) in [6.07, 6.45) is 5.62. The molecule has 2 aliphatic rings. The molecule has 2 aliphatic carbocycles. The molecule has 0 aromatic carbocycles. The summed E-state index contributed by atoms with van der Waals surface area (Å²) in [5, 5.41) is 2.12. The van der Waals surface area contributed by atoms with Crippen LogP contribution in [0.4, 0.5) is 0 Å².